The first-order valence-corrected chi connectivity index (χ1v) is 7.25. The number of fused-ring (bicyclic) bond motifs is 3. The Labute approximate surface area is 117 Å². The van der Waals surface area contributed by atoms with Gasteiger partial charge in [0.05, 0.1) is 5.52 Å². The van der Waals surface area contributed by atoms with Crippen LogP contribution in [-0.4, -0.2) is 34.7 Å². The lowest BCUT2D eigenvalue weighted by molar-refractivity contribution is 0.0988. The Morgan fingerprint density at radius 3 is 2.80 bits per heavy atom. The van der Waals surface area contributed by atoms with Crippen molar-refractivity contribution in [3.05, 3.63) is 35.5 Å². The van der Waals surface area contributed by atoms with Gasteiger partial charge in [0.15, 0.2) is 5.78 Å². The van der Waals surface area contributed by atoms with Crippen LogP contribution in [-0.2, 0) is 6.54 Å². The summed E-state index contributed by atoms with van der Waals surface area (Å²) in [6.45, 7) is 3.14. The number of hydrogen-bond donors (Lipinski definition) is 0. The summed E-state index contributed by atoms with van der Waals surface area (Å²) in [4.78, 5) is 14.8. The summed E-state index contributed by atoms with van der Waals surface area (Å²) in [6.07, 6.45) is 4.66. The number of carbonyl (C=O) groups excluding carboxylic acids is 1. The second kappa shape index (κ2) is 4.56. The van der Waals surface area contributed by atoms with Gasteiger partial charge >= 0.3 is 0 Å². The molecular formula is C16H17N3O. The van der Waals surface area contributed by atoms with Crippen molar-refractivity contribution in [2.45, 2.75) is 25.8 Å². The van der Waals surface area contributed by atoms with Crippen molar-refractivity contribution in [3.8, 4) is 0 Å². The van der Waals surface area contributed by atoms with E-state index in [4.69, 9.17) is 0 Å². The monoisotopic (exact) mass is 267 g/mol. The number of benzene rings is 1. The molecule has 0 bridgehead atoms. The molecule has 1 aromatic carbocycles. The predicted octanol–water partition coefficient (Wildman–Crippen LogP) is 2.66. The number of likely N-dealkylation sites (tertiary alicyclic amines) is 1. The fraction of sp³-hybridized carbons (Fsp3) is 0.375. The van der Waals surface area contributed by atoms with Gasteiger partial charge in [0.1, 0.15) is 5.69 Å². The standard InChI is InChI=1S/C16H17N3O/c20-15-7-8-17-19-14-6-2-1-5-12(14)13(16(15)19)11-18-9-3-4-10-18/h1-2,5-6,8H,3-4,7,9-11H2. The van der Waals surface area contributed by atoms with E-state index in [-0.39, 0.29) is 5.78 Å². The van der Waals surface area contributed by atoms with Gasteiger partial charge in [0, 0.05) is 30.1 Å². The van der Waals surface area contributed by atoms with E-state index in [2.05, 4.69) is 16.1 Å². The van der Waals surface area contributed by atoms with E-state index in [1.807, 2.05) is 22.9 Å². The molecule has 3 heterocycles. The lowest BCUT2D eigenvalue weighted by Crippen LogP contribution is -2.21. The van der Waals surface area contributed by atoms with Crippen molar-refractivity contribution < 1.29 is 4.79 Å². The van der Waals surface area contributed by atoms with Crippen molar-refractivity contribution in [1.82, 2.24) is 9.58 Å². The molecule has 20 heavy (non-hydrogen) atoms. The molecule has 102 valence electrons. The molecule has 2 aliphatic rings. The van der Waals surface area contributed by atoms with Crippen LogP contribution in [0.1, 0.15) is 35.3 Å². The van der Waals surface area contributed by atoms with Crippen molar-refractivity contribution in [1.29, 1.82) is 0 Å². The summed E-state index contributed by atoms with van der Waals surface area (Å²) in [7, 11) is 0. The third-order valence-corrected chi connectivity index (χ3v) is 4.27. The maximum atomic E-state index is 12.3. The van der Waals surface area contributed by atoms with E-state index < -0.39 is 0 Å². The predicted molar refractivity (Wildman–Crippen MR) is 79.3 cm³/mol. The topological polar surface area (TPSA) is 37.6 Å². The highest BCUT2D eigenvalue weighted by atomic mass is 16.1. The number of rotatable bonds is 2. The molecule has 4 rings (SSSR count). The first-order valence-electron chi connectivity index (χ1n) is 7.25. The number of carbonyl (C=O) groups is 1. The number of para-hydroxylation sites is 1. The van der Waals surface area contributed by atoms with E-state index >= 15 is 0 Å². The number of aromatic nitrogens is 1. The summed E-state index contributed by atoms with van der Waals surface area (Å²) < 4.78 is 1.83. The highest BCUT2D eigenvalue weighted by molar-refractivity contribution is 6.09. The van der Waals surface area contributed by atoms with E-state index in [9.17, 15) is 4.79 Å². The maximum absolute atomic E-state index is 12.3. The highest BCUT2D eigenvalue weighted by Crippen LogP contribution is 2.30. The highest BCUT2D eigenvalue weighted by Gasteiger charge is 2.26. The fourth-order valence-corrected chi connectivity index (χ4v) is 3.32. The van der Waals surface area contributed by atoms with Crippen LogP contribution in [0.25, 0.3) is 10.9 Å². The molecule has 1 aromatic heterocycles. The summed E-state index contributed by atoms with van der Waals surface area (Å²) in [5.74, 6) is 0.186. The lowest BCUT2D eigenvalue weighted by Gasteiger charge is -2.16. The van der Waals surface area contributed by atoms with Crippen LogP contribution in [0.15, 0.2) is 29.4 Å². The molecule has 0 N–H and O–H groups in total. The Bertz CT molecular complexity index is 708. The van der Waals surface area contributed by atoms with Gasteiger partial charge in [0.25, 0.3) is 0 Å². The zero-order valence-electron chi connectivity index (χ0n) is 11.4. The third-order valence-electron chi connectivity index (χ3n) is 4.27. The molecule has 4 heteroatoms. The molecule has 0 spiro atoms. The lowest BCUT2D eigenvalue weighted by atomic mass is 10.1. The van der Waals surface area contributed by atoms with Gasteiger partial charge in [-0.15, -0.1) is 0 Å². The van der Waals surface area contributed by atoms with Gasteiger partial charge in [-0.25, -0.2) is 4.68 Å². The van der Waals surface area contributed by atoms with Gasteiger partial charge < -0.3 is 0 Å². The fourth-order valence-electron chi connectivity index (χ4n) is 3.32. The summed E-state index contributed by atoms with van der Waals surface area (Å²) in [6, 6.07) is 8.19. The van der Waals surface area contributed by atoms with Crippen molar-refractivity contribution >= 4 is 22.9 Å². The molecule has 0 atom stereocenters. The van der Waals surface area contributed by atoms with Crippen LogP contribution in [0.3, 0.4) is 0 Å². The Kier molecular flexibility index (Phi) is 2.70. The van der Waals surface area contributed by atoms with E-state index in [0.717, 1.165) is 36.4 Å². The van der Waals surface area contributed by atoms with Gasteiger partial charge in [-0.1, -0.05) is 18.2 Å². The summed E-state index contributed by atoms with van der Waals surface area (Å²) in [5.41, 5.74) is 2.99. The van der Waals surface area contributed by atoms with Crippen molar-refractivity contribution in [2.75, 3.05) is 13.1 Å². The molecular weight excluding hydrogens is 250 g/mol. The van der Waals surface area contributed by atoms with Crippen molar-refractivity contribution in [2.24, 2.45) is 5.10 Å². The number of Topliss-reactive ketones (excluding diaryl/α,β-unsaturated/α-hetero) is 1. The van der Waals surface area contributed by atoms with Crippen LogP contribution in [0, 0.1) is 0 Å². The van der Waals surface area contributed by atoms with Crippen LogP contribution < -0.4 is 0 Å². The van der Waals surface area contributed by atoms with Crippen LogP contribution in [0.4, 0.5) is 0 Å². The van der Waals surface area contributed by atoms with E-state index in [1.54, 1.807) is 6.21 Å². The van der Waals surface area contributed by atoms with Crippen molar-refractivity contribution in [3.63, 3.8) is 0 Å². The smallest absolute Gasteiger partial charge is 0.186 e. The Morgan fingerprint density at radius 1 is 1.15 bits per heavy atom. The zero-order chi connectivity index (χ0) is 13.5. The molecule has 0 saturated carbocycles. The van der Waals surface area contributed by atoms with Crippen LogP contribution in [0.5, 0.6) is 0 Å². The van der Waals surface area contributed by atoms with E-state index in [1.165, 1.54) is 18.2 Å². The van der Waals surface area contributed by atoms with Gasteiger partial charge in [-0.2, -0.15) is 5.10 Å². The first kappa shape index (κ1) is 11.9. The van der Waals surface area contributed by atoms with Crippen LogP contribution >= 0.6 is 0 Å². The minimum atomic E-state index is 0.186. The Balaban J connectivity index is 1.91. The second-order valence-corrected chi connectivity index (χ2v) is 5.56. The average Bonchev–Trinajstić information content (AvgIpc) is 3.08. The molecule has 2 aromatic rings. The molecule has 2 aliphatic heterocycles. The summed E-state index contributed by atoms with van der Waals surface area (Å²) in [5, 5.41) is 5.59. The molecule has 0 unspecified atom stereocenters. The maximum Gasteiger partial charge on any atom is 0.186 e. The molecule has 1 saturated heterocycles. The van der Waals surface area contributed by atoms with Crippen LogP contribution in [0.2, 0.25) is 0 Å². The minimum Gasteiger partial charge on any atom is -0.299 e. The third kappa shape index (κ3) is 1.72. The first-order chi connectivity index (χ1) is 9.84. The molecule has 0 radical (unpaired) electrons. The molecule has 0 amide bonds. The minimum absolute atomic E-state index is 0.186. The molecule has 4 nitrogen and oxygen atoms in total. The number of nitrogens with zero attached hydrogens (tertiary/aromatic N) is 3. The Hall–Kier alpha value is -1.94. The quantitative estimate of drug-likeness (QED) is 0.839. The normalized spacial score (nSPS) is 18.9. The second-order valence-electron chi connectivity index (χ2n) is 5.56. The average molecular weight is 267 g/mol. The van der Waals surface area contributed by atoms with Gasteiger partial charge in [0.2, 0.25) is 0 Å². The number of hydrogen-bond acceptors (Lipinski definition) is 3. The van der Waals surface area contributed by atoms with E-state index in [0.29, 0.717) is 6.42 Å². The molecule has 0 aliphatic carbocycles. The SMILES string of the molecule is O=C1CC=Nn2c1c(CN1CCCC1)c1ccccc12. The summed E-state index contributed by atoms with van der Waals surface area (Å²) >= 11 is 0. The Morgan fingerprint density at radius 2 is 1.95 bits per heavy atom. The van der Waals surface area contributed by atoms with Gasteiger partial charge in [-0.3, -0.25) is 9.69 Å². The molecule has 1 fully saturated rings. The zero-order valence-corrected chi connectivity index (χ0v) is 11.4. The number of ketones is 1. The largest absolute Gasteiger partial charge is 0.299 e. The van der Waals surface area contributed by atoms with Gasteiger partial charge in [-0.05, 0) is 32.0 Å².